The number of thiazole rings is 1. The molecule has 0 bridgehead atoms. The molecule has 6 rings (SSSR count). The molecule has 0 unspecified atom stereocenters. The molecule has 0 radical (unpaired) electrons. The van der Waals surface area contributed by atoms with Crippen LogP contribution in [0.1, 0.15) is 43.5 Å². The third-order valence-corrected chi connectivity index (χ3v) is 9.37. The van der Waals surface area contributed by atoms with Gasteiger partial charge in [0.25, 0.3) is 5.56 Å². The summed E-state index contributed by atoms with van der Waals surface area (Å²) >= 11 is 9.07. The van der Waals surface area contributed by atoms with Crippen LogP contribution in [0.5, 0.6) is 0 Å². The molecule has 9 heteroatoms. The van der Waals surface area contributed by atoms with Crippen LogP contribution in [0.15, 0.2) is 105 Å². The van der Waals surface area contributed by atoms with Crippen LogP contribution in [0.25, 0.3) is 17.0 Å². The van der Waals surface area contributed by atoms with E-state index in [0.717, 1.165) is 32.5 Å². The maximum atomic E-state index is 14.2. The number of ether oxygens (including phenoxy) is 1. The Balaban J connectivity index is 1.50. The second kappa shape index (κ2) is 12.0. The van der Waals surface area contributed by atoms with Gasteiger partial charge < -0.3 is 9.30 Å². The van der Waals surface area contributed by atoms with Crippen molar-refractivity contribution in [1.29, 1.82) is 0 Å². The molecule has 0 spiro atoms. The Hall–Kier alpha value is -3.85. The maximum Gasteiger partial charge on any atom is 0.338 e. The van der Waals surface area contributed by atoms with Crippen molar-refractivity contribution in [1.82, 2.24) is 9.13 Å². The van der Waals surface area contributed by atoms with E-state index in [1.165, 1.54) is 11.3 Å². The van der Waals surface area contributed by atoms with Crippen molar-refractivity contribution in [2.45, 2.75) is 44.4 Å². The Bertz CT molecular complexity index is 2050. The van der Waals surface area contributed by atoms with E-state index in [4.69, 9.17) is 21.3 Å². The first-order valence-corrected chi connectivity index (χ1v) is 16.3. The lowest BCUT2D eigenvalue weighted by molar-refractivity contribution is -0.143. The van der Waals surface area contributed by atoms with Gasteiger partial charge >= 0.3 is 5.97 Å². The number of hydrogen-bond acceptors (Lipinski definition) is 6. The molecule has 1 atom stereocenters. The third-order valence-electron chi connectivity index (χ3n) is 7.39. The number of para-hydroxylation sites is 1. The number of aromatic nitrogens is 2. The van der Waals surface area contributed by atoms with Gasteiger partial charge in [0.1, 0.15) is 0 Å². The van der Waals surface area contributed by atoms with Crippen molar-refractivity contribution in [3.63, 3.8) is 0 Å². The molecular formula is C34H30ClN3O3S2. The Labute approximate surface area is 262 Å². The Morgan fingerprint density at radius 2 is 1.81 bits per heavy atom. The highest BCUT2D eigenvalue weighted by Gasteiger charge is 2.33. The van der Waals surface area contributed by atoms with Crippen LogP contribution in [0, 0.1) is 0 Å². The molecule has 3 heterocycles. The SMILES string of the molecule is CSc1ccc([C@@H]2C(C(=O)OC(C)C)=C(C)N=c3s/c(=C/c4cn(Cc5ccc(Cl)cc5)c5ccccc45)c(=O)n32)cc1. The van der Waals surface area contributed by atoms with Crippen LogP contribution < -0.4 is 14.9 Å². The fourth-order valence-corrected chi connectivity index (χ4v) is 6.98. The van der Waals surface area contributed by atoms with Gasteiger partial charge in [-0.25, -0.2) is 9.79 Å². The first kappa shape index (κ1) is 29.2. The summed E-state index contributed by atoms with van der Waals surface area (Å²) < 4.78 is 10.00. The van der Waals surface area contributed by atoms with E-state index in [1.807, 2.05) is 93.8 Å². The standard InChI is InChI=1S/C34H30ClN3O3S2/c1-20(2)41-33(40)30-21(3)36-34-38(31(30)23-11-15-26(42-4)16-12-23)32(39)29(43-34)17-24-19-37(28-8-6-5-7-27(24)28)18-22-9-13-25(35)14-10-22/h5-17,19-20,31H,18H2,1-4H3/b29-17+/t31-/m1/s1. The molecule has 1 aliphatic heterocycles. The van der Waals surface area contributed by atoms with Gasteiger partial charge in [0.2, 0.25) is 0 Å². The van der Waals surface area contributed by atoms with Gasteiger partial charge in [0.05, 0.1) is 27.9 Å². The average Bonchev–Trinajstić information content (AvgIpc) is 3.49. The highest BCUT2D eigenvalue weighted by atomic mass is 35.5. The smallest absolute Gasteiger partial charge is 0.338 e. The molecule has 0 N–H and O–H groups in total. The molecular weight excluding hydrogens is 598 g/mol. The number of nitrogens with zero attached hydrogens (tertiary/aromatic N) is 3. The number of allylic oxidation sites excluding steroid dienone is 1. The predicted molar refractivity (Wildman–Crippen MR) is 176 cm³/mol. The number of fused-ring (bicyclic) bond motifs is 2. The van der Waals surface area contributed by atoms with Crippen molar-refractivity contribution in [3.8, 4) is 0 Å². The van der Waals surface area contributed by atoms with Gasteiger partial charge in [-0.1, -0.05) is 65.4 Å². The summed E-state index contributed by atoms with van der Waals surface area (Å²) in [6, 6.07) is 23.3. The fraction of sp³-hybridized carbons (Fsp3) is 0.206. The third kappa shape index (κ3) is 5.75. The molecule has 0 fully saturated rings. The highest BCUT2D eigenvalue weighted by molar-refractivity contribution is 7.98. The number of carbonyl (C=O) groups excluding carboxylic acids is 1. The van der Waals surface area contributed by atoms with Gasteiger partial charge in [0, 0.05) is 39.1 Å². The number of carbonyl (C=O) groups is 1. The van der Waals surface area contributed by atoms with Gasteiger partial charge in [-0.05, 0) is 74.6 Å². The van der Waals surface area contributed by atoms with Gasteiger partial charge in [-0.3, -0.25) is 9.36 Å². The maximum absolute atomic E-state index is 14.2. The Kier molecular flexibility index (Phi) is 8.18. The molecule has 0 aliphatic carbocycles. The number of esters is 1. The summed E-state index contributed by atoms with van der Waals surface area (Å²) in [5.41, 5.74) is 4.69. The number of thioether (sulfide) groups is 1. The second-order valence-corrected chi connectivity index (χ2v) is 13.0. The monoisotopic (exact) mass is 627 g/mol. The van der Waals surface area contributed by atoms with Crippen LogP contribution >= 0.6 is 34.7 Å². The zero-order chi connectivity index (χ0) is 30.2. The van der Waals surface area contributed by atoms with Crippen LogP contribution in [-0.2, 0) is 16.1 Å². The minimum absolute atomic E-state index is 0.195. The predicted octanol–water partition coefficient (Wildman–Crippen LogP) is 6.57. The molecule has 1 aliphatic rings. The van der Waals surface area contributed by atoms with Gasteiger partial charge in [-0.15, -0.1) is 11.8 Å². The Morgan fingerprint density at radius 1 is 1.09 bits per heavy atom. The summed E-state index contributed by atoms with van der Waals surface area (Å²) in [6.07, 6.45) is 5.72. The van der Waals surface area contributed by atoms with Crippen molar-refractivity contribution >= 4 is 57.6 Å². The van der Waals surface area contributed by atoms with Crippen molar-refractivity contribution in [2.75, 3.05) is 6.26 Å². The first-order chi connectivity index (χ1) is 20.7. The van der Waals surface area contributed by atoms with Crippen LogP contribution in [0.2, 0.25) is 5.02 Å². The topological polar surface area (TPSA) is 65.6 Å². The Morgan fingerprint density at radius 3 is 2.51 bits per heavy atom. The van der Waals surface area contributed by atoms with Crippen molar-refractivity contribution in [3.05, 3.63) is 132 Å². The fourth-order valence-electron chi connectivity index (χ4n) is 5.41. The summed E-state index contributed by atoms with van der Waals surface area (Å²) in [7, 11) is 0. The first-order valence-electron chi connectivity index (χ1n) is 13.9. The summed E-state index contributed by atoms with van der Waals surface area (Å²) in [6.45, 7) is 6.10. The lowest BCUT2D eigenvalue weighted by Gasteiger charge is -2.25. The molecule has 0 amide bonds. The molecule has 218 valence electrons. The summed E-state index contributed by atoms with van der Waals surface area (Å²) in [4.78, 5) is 33.9. The van der Waals surface area contributed by atoms with E-state index >= 15 is 0 Å². The van der Waals surface area contributed by atoms with E-state index < -0.39 is 12.0 Å². The zero-order valence-corrected chi connectivity index (χ0v) is 26.6. The quantitative estimate of drug-likeness (QED) is 0.151. The highest BCUT2D eigenvalue weighted by Crippen LogP contribution is 2.32. The summed E-state index contributed by atoms with van der Waals surface area (Å²) in [5, 5.41) is 1.75. The second-order valence-electron chi connectivity index (χ2n) is 10.7. The van der Waals surface area contributed by atoms with E-state index in [9.17, 15) is 9.59 Å². The van der Waals surface area contributed by atoms with E-state index in [2.05, 4.69) is 22.9 Å². The average molecular weight is 628 g/mol. The number of rotatable bonds is 7. The molecule has 6 nitrogen and oxygen atoms in total. The molecule has 0 saturated heterocycles. The lowest BCUT2D eigenvalue weighted by Crippen LogP contribution is -2.40. The minimum Gasteiger partial charge on any atom is -0.459 e. The minimum atomic E-state index is -0.646. The number of halogens is 1. The lowest BCUT2D eigenvalue weighted by atomic mass is 9.96. The van der Waals surface area contributed by atoms with Gasteiger partial charge in [-0.2, -0.15) is 0 Å². The molecule has 2 aromatic heterocycles. The molecule has 3 aromatic carbocycles. The molecule has 43 heavy (non-hydrogen) atoms. The van der Waals surface area contributed by atoms with E-state index in [-0.39, 0.29) is 11.7 Å². The summed E-state index contributed by atoms with van der Waals surface area (Å²) in [5.74, 6) is -0.463. The number of hydrogen-bond donors (Lipinski definition) is 0. The van der Waals surface area contributed by atoms with Crippen LogP contribution in [0.4, 0.5) is 0 Å². The number of benzene rings is 3. The van der Waals surface area contributed by atoms with Crippen molar-refractivity contribution < 1.29 is 9.53 Å². The van der Waals surface area contributed by atoms with E-state index in [1.54, 1.807) is 16.3 Å². The van der Waals surface area contributed by atoms with E-state index in [0.29, 0.717) is 32.2 Å². The zero-order valence-electron chi connectivity index (χ0n) is 24.2. The van der Waals surface area contributed by atoms with Crippen LogP contribution in [0.3, 0.4) is 0 Å². The van der Waals surface area contributed by atoms with Gasteiger partial charge in [0.15, 0.2) is 4.80 Å². The van der Waals surface area contributed by atoms with Crippen LogP contribution in [-0.4, -0.2) is 27.5 Å². The molecule has 5 aromatic rings. The van der Waals surface area contributed by atoms with Crippen molar-refractivity contribution in [2.24, 2.45) is 4.99 Å². The molecule has 0 saturated carbocycles. The largest absolute Gasteiger partial charge is 0.459 e. The normalized spacial score (nSPS) is 15.2.